The van der Waals surface area contributed by atoms with Gasteiger partial charge in [-0.3, -0.25) is 4.79 Å². The Bertz CT molecular complexity index is 324. The number of halogens is 1. The van der Waals surface area contributed by atoms with Gasteiger partial charge in [-0.15, -0.1) is 0 Å². The number of carboxylic acid groups (broad SMARTS) is 1. The van der Waals surface area contributed by atoms with Crippen LogP contribution in [0.1, 0.15) is 5.82 Å². The van der Waals surface area contributed by atoms with E-state index >= 15 is 0 Å². The zero-order valence-electron chi connectivity index (χ0n) is 7.07. The van der Waals surface area contributed by atoms with E-state index in [1.54, 1.807) is 11.6 Å². The number of aliphatic carboxylic acids is 1. The second-order valence-electron chi connectivity index (χ2n) is 2.71. The van der Waals surface area contributed by atoms with Gasteiger partial charge in [-0.25, -0.2) is 4.98 Å². The van der Waals surface area contributed by atoms with Crippen molar-refractivity contribution >= 4 is 17.6 Å². The molecule has 6 heteroatoms. The highest BCUT2D eigenvalue weighted by molar-refractivity contribution is 6.29. The van der Waals surface area contributed by atoms with Crippen LogP contribution in [0.3, 0.4) is 0 Å². The second-order valence-corrected chi connectivity index (χ2v) is 3.09. The first-order chi connectivity index (χ1) is 6.02. The Labute approximate surface area is 80.1 Å². The maximum Gasteiger partial charge on any atom is 0.320 e. The molecule has 3 N–H and O–H groups in total. The fourth-order valence-corrected chi connectivity index (χ4v) is 1.04. The van der Waals surface area contributed by atoms with E-state index in [0.717, 1.165) is 0 Å². The number of aromatic nitrogens is 2. The average molecular weight is 204 g/mol. The molecule has 1 heterocycles. The predicted molar refractivity (Wildman–Crippen MR) is 47.5 cm³/mol. The monoisotopic (exact) mass is 203 g/mol. The minimum atomic E-state index is -1.04. The van der Waals surface area contributed by atoms with E-state index in [1.165, 1.54) is 6.20 Å². The quantitative estimate of drug-likeness (QED) is 0.726. The lowest BCUT2D eigenvalue weighted by molar-refractivity contribution is -0.138. The lowest BCUT2D eigenvalue weighted by atomic mass is 10.2. The van der Waals surface area contributed by atoms with E-state index in [-0.39, 0.29) is 6.42 Å². The van der Waals surface area contributed by atoms with Gasteiger partial charge < -0.3 is 15.4 Å². The Morgan fingerprint density at radius 1 is 1.92 bits per heavy atom. The summed E-state index contributed by atoms with van der Waals surface area (Å²) < 4.78 is 1.60. The summed E-state index contributed by atoms with van der Waals surface area (Å²) in [5.74, 6) is -0.473. The van der Waals surface area contributed by atoms with E-state index in [4.69, 9.17) is 22.4 Å². The van der Waals surface area contributed by atoms with Crippen molar-refractivity contribution in [2.45, 2.75) is 12.5 Å². The van der Waals surface area contributed by atoms with Gasteiger partial charge in [0.25, 0.3) is 0 Å². The second kappa shape index (κ2) is 3.76. The van der Waals surface area contributed by atoms with Gasteiger partial charge >= 0.3 is 5.97 Å². The molecule has 0 bridgehead atoms. The van der Waals surface area contributed by atoms with Crippen LogP contribution in [0.4, 0.5) is 0 Å². The maximum atomic E-state index is 10.4. The lowest BCUT2D eigenvalue weighted by Gasteiger charge is -2.05. The third-order valence-electron chi connectivity index (χ3n) is 1.75. The van der Waals surface area contributed by atoms with E-state index in [0.29, 0.717) is 11.0 Å². The van der Waals surface area contributed by atoms with Gasteiger partial charge in [0.15, 0.2) is 0 Å². The molecule has 0 saturated heterocycles. The average Bonchev–Trinajstić information content (AvgIpc) is 2.36. The van der Waals surface area contributed by atoms with Crippen LogP contribution in [-0.2, 0) is 18.3 Å². The number of hydrogen-bond donors (Lipinski definition) is 2. The van der Waals surface area contributed by atoms with Gasteiger partial charge in [-0.2, -0.15) is 0 Å². The van der Waals surface area contributed by atoms with Crippen molar-refractivity contribution in [2.75, 3.05) is 0 Å². The summed E-state index contributed by atoms with van der Waals surface area (Å²) >= 11 is 5.70. The largest absolute Gasteiger partial charge is 0.480 e. The number of carboxylic acids is 1. The first kappa shape index (κ1) is 10.0. The van der Waals surface area contributed by atoms with Crippen LogP contribution in [-0.4, -0.2) is 26.7 Å². The summed E-state index contributed by atoms with van der Waals surface area (Å²) in [6, 6.07) is -0.933. The molecule has 72 valence electrons. The third kappa shape index (κ3) is 2.19. The van der Waals surface area contributed by atoms with Crippen molar-refractivity contribution in [1.82, 2.24) is 9.55 Å². The molecule has 1 aromatic heterocycles. The molecule has 0 amide bonds. The Morgan fingerprint density at radius 3 is 2.92 bits per heavy atom. The van der Waals surface area contributed by atoms with Crippen LogP contribution in [0.5, 0.6) is 0 Å². The molecule has 0 radical (unpaired) electrons. The summed E-state index contributed by atoms with van der Waals surface area (Å²) in [6.45, 7) is 0. The number of imidazole rings is 1. The summed E-state index contributed by atoms with van der Waals surface area (Å²) in [5, 5.41) is 9.01. The molecule has 0 aliphatic heterocycles. The molecular formula is C7H10ClN3O2. The highest BCUT2D eigenvalue weighted by Crippen LogP contribution is 2.09. The SMILES string of the molecule is Cn1c(Cl)cnc1C[C@@H](N)C(=O)O. The van der Waals surface area contributed by atoms with Crippen LogP contribution >= 0.6 is 11.6 Å². The van der Waals surface area contributed by atoms with E-state index in [2.05, 4.69) is 4.98 Å². The molecule has 5 nitrogen and oxygen atoms in total. The van der Waals surface area contributed by atoms with Gasteiger partial charge in [-0.05, 0) is 0 Å². The van der Waals surface area contributed by atoms with Crippen molar-refractivity contribution in [2.24, 2.45) is 12.8 Å². The summed E-state index contributed by atoms with van der Waals surface area (Å²) in [4.78, 5) is 14.4. The highest BCUT2D eigenvalue weighted by Gasteiger charge is 2.15. The van der Waals surface area contributed by atoms with Gasteiger partial charge in [0.05, 0.1) is 6.20 Å². The first-order valence-corrected chi connectivity index (χ1v) is 4.04. The van der Waals surface area contributed by atoms with Gasteiger partial charge in [0, 0.05) is 13.5 Å². The van der Waals surface area contributed by atoms with Crippen molar-refractivity contribution in [3.05, 3.63) is 17.2 Å². The summed E-state index contributed by atoms with van der Waals surface area (Å²) in [7, 11) is 1.71. The van der Waals surface area contributed by atoms with Crippen LogP contribution in [0.15, 0.2) is 6.20 Å². The van der Waals surface area contributed by atoms with E-state index in [9.17, 15) is 4.79 Å². The molecule has 0 aliphatic carbocycles. The Balaban J connectivity index is 2.74. The minimum absolute atomic E-state index is 0.179. The first-order valence-electron chi connectivity index (χ1n) is 3.67. The van der Waals surface area contributed by atoms with Crippen molar-refractivity contribution in [1.29, 1.82) is 0 Å². The zero-order chi connectivity index (χ0) is 10.0. The van der Waals surface area contributed by atoms with Gasteiger partial charge in [-0.1, -0.05) is 11.6 Å². The summed E-state index contributed by atoms with van der Waals surface area (Å²) in [6.07, 6.45) is 1.64. The number of rotatable bonds is 3. The molecule has 1 rings (SSSR count). The molecular weight excluding hydrogens is 194 g/mol. The van der Waals surface area contributed by atoms with Gasteiger partial charge in [0.2, 0.25) is 0 Å². The van der Waals surface area contributed by atoms with Crippen LogP contribution < -0.4 is 5.73 Å². The Kier molecular flexibility index (Phi) is 2.90. The molecule has 0 aliphatic rings. The van der Waals surface area contributed by atoms with Crippen molar-refractivity contribution in [3.8, 4) is 0 Å². The third-order valence-corrected chi connectivity index (χ3v) is 2.10. The molecule has 13 heavy (non-hydrogen) atoms. The van der Waals surface area contributed by atoms with E-state index < -0.39 is 12.0 Å². The smallest absolute Gasteiger partial charge is 0.320 e. The van der Waals surface area contributed by atoms with Crippen LogP contribution in [0.2, 0.25) is 5.15 Å². The van der Waals surface area contributed by atoms with Crippen molar-refractivity contribution in [3.63, 3.8) is 0 Å². The van der Waals surface area contributed by atoms with Crippen molar-refractivity contribution < 1.29 is 9.90 Å². The summed E-state index contributed by atoms with van der Waals surface area (Å²) in [5.41, 5.74) is 5.33. The molecule has 1 aromatic rings. The molecule has 0 spiro atoms. The molecule has 0 unspecified atom stereocenters. The minimum Gasteiger partial charge on any atom is -0.480 e. The maximum absolute atomic E-state index is 10.4. The van der Waals surface area contributed by atoms with Gasteiger partial charge in [0.1, 0.15) is 17.0 Å². The number of hydrogen-bond acceptors (Lipinski definition) is 3. The van der Waals surface area contributed by atoms with Crippen LogP contribution in [0.25, 0.3) is 0 Å². The number of carbonyl (C=O) groups is 1. The fraction of sp³-hybridized carbons (Fsp3) is 0.429. The number of nitrogens with two attached hydrogens (primary N) is 1. The van der Waals surface area contributed by atoms with E-state index in [1.807, 2.05) is 0 Å². The van der Waals surface area contributed by atoms with Crippen LogP contribution in [0, 0.1) is 0 Å². The molecule has 1 atom stereocenters. The predicted octanol–water partition coefficient (Wildman–Crippen LogP) is 0.0279. The Hall–Kier alpha value is -1.07. The Morgan fingerprint density at radius 2 is 2.54 bits per heavy atom. The standard InChI is InChI=1S/C7H10ClN3O2/c1-11-5(8)3-10-6(11)2-4(9)7(12)13/h3-4H,2,9H2,1H3,(H,12,13)/t4-/m1/s1. The normalized spacial score (nSPS) is 12.8. The molecule has 0 aromatic carbocycles. The highest BCUT2D eigenvalue weighted by atomic mass is 35.5. The fourth-order valence-electron chi connectivity index (χ4n) is 0.898. The molecule has 0 saturated carbocycles. The molecule has 0 fully saturated rings. The number of nitrogens with zero attached hydrogens (tertiary/aromatic N) is 2. The lowest BCUT2D eigenvalue weighted by Crippen LogP contribution is -2.33. The zero-order valence-corrected chi connectivity index (χ0v) is 7.82. The topological polar surface area (TPSA) is 81.1 Å².